The van der Waals surface area contributed by atoms with Crippen LogP contribution in [-0.4, -0.2) is 61.0 Å². The molecule has 0 radical (unpaired) electrons. The van der Waals surface area contributed by atoms with E-state index in [1.54, 1.807) is 0 Å². The highest BCUT2D eigenvalue weighted by atomic mass is 16.5. The van der Waals surface area contributed by atoms with Gasteiger partial charge in [-0.15, -0.1) is 0 Å². The molecule has 0 aromatic heterocycles. The number of aryl methyl sites for hydroxylation is 2. The molecule has 2 aliphatic heterocycles. The zero-order chi connectivity index (χ0) is 34.6. The fraction of sp³-hybridized carbons (Fsp3) is 0.318. The van der Waals surface area contributed by atoms with Crippen LogP contribution in [0.2, 0.25) is 0 Å². The quantitative estimate of drug-likeness (QED) is 0.210. The summed E-state index contributed by atoms with van der Waals surface area (Å²) in [5.41, 5.74) is 7.82. The Balaban J connectivity index is 0.000000157. The Hall–Kier alpha value is -5.10. The van der Waals surface area contributed by atoms with E-state index in [9.17, 15) is 9.59 Å². The van der Waals surface area contributed by atoms with E-state index in [0.29, 0.717) is 0 Å². The molecule has 4 aromatic rings. The number of piperidine rings is 2. The second-order valence-electron chi connectivity index (χ2n) is 14.0. The minimum absolute atomic E-state index is 0.0772. The van der Waals surface area contributed by atoms with E-state index in [0.717, 1.165) is 74.5 Å². The maximum absolute atomic E-state index is 12.5. The SMILES string of the molecule is Cc1ccccc1OCC(=O)N1CCC2(C=Cc3ccccc32)CC1.Cc1ccccc1OCC(=O)N1CCC2(C=Cc3ccccc32)CC1. The van der Waals surface area contributed by atoms with Gasteiger partial charge in [-0.3, -0.25) is 9.59 Å². The summed E-state index contributed by atoms with van der Waals surface area (Å²) < 4.78 is 11.4. The van der Waals surface area contributed by atoms with E-state index in [1.807, 2.05) is 72.2 Å². The summed E-state index contributed by atoms with van der Waals surface area (Å²) in [5.74, 6) is 1.73. The normalized spacial score (nSPS) is 17.6. The second kappa shape index (κ2) is 14.4. The zero-order valence-corrected chi connectivity index (χ0v) is 29.1. The molecule has 2 heterocycles. The molecule has 0 N–H and O–H groups in total. The van der Waals surface area contributed by atoms with Crippen LogP contribution < -0.4 is 9.47 Å². The van der Waals surface area contributed by atoms with Crippen LogP contribution in [0.3, 0.4) is 0 Å². The van der Waals surface area contributed by atoms with E-state index in [4.69, 9.17) is 9.47 Å². The predicted octanol–water partition coefficient (Wildman–Crippen LogP) is 7.92. The molecular weight excluding hydrogens is 620 g/mol. The molecule has 50 heavy (non-hydrogen) atoms. The van der Waals surface area contributed by atoms with Crippen LogP contribution in [0.4, 0.5) is 0 Å². The fourth-order valence-corrected chi connectivity index (χ4v) is 7.95. The molecule has 0 saturated carbocycles. The molecule has 6 nitrogen and oxygen atoms in total. The summed E-state index contributed by atoms with van der Waals surface area (Å²) in [6.07, 6.45) is 13.1. The minimum atomic E-state index is 0.0772. The molecule has 256 valence electrons. The van der Waals surface area contributed by atoms with Gasteiger partial charge in [-0.1, -0.05) is 109 Å². The largest absolute Gasteiger partial charge is 0.484 e. The molecule has 2 aliphatic carbocycles. The molecule has 4 aliphatic rings. The Kier molecular flexibility index (Phi) is 9.62. The Bertz CT molecular complexity index is 1770. The number of para-hydroxylation sites is 2. The number of benzene rings is 4. The molecule has 0 unspecified atom stereocenters. The number of ether oxygens (including phenoxy) is 2. The monoisotopic (exact) mass is 666 g/mol. The molecule has 2 spiro atoms. The van der Waals surface area contributed by atoms with E-state index in [-0.39, 0.29) is 35.9 Å². The smallest absolute Gasteiger partial charge is 0.260 e. The van der Waals surface area contributed by atoms with E-state index < -0.39 is 0 Å². The summed E-state index contributed by atoms with van der Waals surface area (Å²) in [6.45, 7) is 7.36. The number of hydrogen-bond donors (Lipinski definition) is 0. The maximum atomic E-state index is 12.5. The summed E-state index contributed by atoms with van der Waals surface area (Å²) in [4.78, 5) is 28.9. The number of rotatable bonds is 6. The number of likely N-dealkylation sites (tertiary alicyclic amines) is 2. The standard InChI is InChI=1S/2C22H23NO2/c2*1-17-6-2-5-9-20(17)25-16-21(24)23-14-12-22(13-15-23)11-10-18-7-3-4-8-19(18)22/h2*2-11H,12-16H2,1H3. The van der Waals surface area contributed by atoms with Crippen molar-refractivity contribution in [2.75, 3.05) is 39.4 Å². The third-order valence-corrected chi connectivity index (χ3v) is 11.1. The molecule has 4 aromatic carbocycles. The average molecular weight is 667 g/mol. The van der Waals surface area contributed by atoms with Crippen molar-refractivity contribution in [1.29, 1.82) is 0 Å². The van der Waals surface area contributed by atoms with Gasteiger partial charge in [0.15, 0.2) is 13.2 Å². The third kappa shape index (κ3) is 6.84. The van der Waals surface area contributed by atoms with Crippen LogP contribution >= 0.6 is 0 Å². The minimum Gasteiger partial charge on any atom is -0.484 e. The van der Waals surface area contributed by atoms with Crippen LogP contribution in [0.1, 0.15) is 59.1 Å². The van der Waals surface area contributed by atoms with Gasteiger partial charge in [0.25, 0.3) is 11.8 Å². The molecule has 8 rings (SSSR count). The van der Waals surface area contributed by atoms with Crippen LogP contribution in [0.15, 0.2) is 109 Å². The van der Waals surface area contributed by atoms with Gasteiger partial charge in [0.1, 0.15) is 11.5 Å². The first kappa shape index (κ1) is 33.4. The van der Waals surface area contributed by atoms with Gasteiger partial charge in [-0.2, -0.15) is 0 Å². The Labute approximate surface area is 296 Å². The van der Waals surface area contributed by atoms with Crippen molar-refractivity contribution in [2.45, 2.75) is 50.4 Å². The first-order valence-corrected chi connectivity index (χ1v) is 17.9. The number of hydrogen-bond acceptors (Lipinski definition) is 4. The highest BCUT2D eigenvalue weighted by molar-refractivity contribution is 5.79. The van der Waals surface area contributed by atoms with Crippen LogP contribution in [0, 0.1) is 13.8 Å². The highest BCUT2D eigenvalue weighted by Crippen LogP contribution is 2.44. The molecule has 2 amide bonds. The summed E-state index contributed by atoms with van der Waals surface area (Å²) in [5, 5.41) is 0. The van der Waals surface area contributed by atoms with Crippen LogP contribution in [0.25, 0.3) is 12.2 Å². The summed E-state index contributed by atoms with van der Waals surface area (Å²) in [7, 11) is 0. The molecule has 2 saturated heterocycles. The Morgan fingerprint density at radius 2 is 0.900 bits per heavy atom. The van der Waals surface area contributed by atoms with Gasteiger partial charge in [0, 0.05) is 37.0 Å². The number of allylic oxidation sites excluding steroid dienone is 2. The van der Waals surface area contributed by atoms with Gasteiger partial charge in [-0.05, 0) is 85.0 Å². The van der Waals surface area contributed by atoms with Crippen molar-refractivity contribution in [3.8, 4) is 11.5 Å². The maximum Gasteiger partial charge on any atom is 0.260 e. The van der Waals surface area contributed by atoms with Crippen LogP contribution in [0.5, 0.6) is 11.5 Å². The number of nitrogens with zero attached hydrogens (tertiary/aromatic N) is 2. The summed E-state index contributed by atoms with van der Waals surface area (Å²) >= 11 is 0. The van der Waals surface area contributed by atoms with Crippen molar-refractivity contribution < 1.29 is 19.1 Å². The summed E-state index contributed by atoms with van der Waals surface area (Å²) in [6, 6.07) is 32.8. The average Bonchev–Trinajstić information content (AvgIpc) is 3.69. The van der Waals surface area contributed by atoms with E-state index in [1.165, 1.54) is 22.3 Å². The molecule has 0 atom stereocenters. The van der Waals surface area contributed by atoms with E-state index >= 15 is 0 Å². The molecule has 0 bridgehead atoms. The Morgan fingerprint density at radius 1 is 0.540 bits per heavy atom. The lowest BCUT2D eigenvalue weighted by molar-refractivity contribution is -0.135. The van der Waals surface area contributed by atoms with E-state index in [2.05, 4.69) is 72.8 Å². The van der Waals surface area contributed by atoms with Crippen LogP contribution in [-0.2, 0) is 20.4 Å². The van der Waals surface area contributed by atoms with Gasteiger partial charge >= 0.3 is 0 Å². The predicted molar refractivity (Wildman–Crippen MR) is 199 cm³/mol. The number of carbonyl (C=O) groups is 2. The van der Waals surface area contributed by atoms with Gasteiger partial charge in [0.05, 0.1) is 0 Å². The number of fused-ring (bicyclic) bond motifs is 4. The third-order valence-electron chi connectivity index (χ3n) is 11.1. The lowest BCUT2D eigenvalue weighted by Gasteiger charge is -2.39. The molecule has 2 fully saturated rings. The zero-order valence-electron chi connectivity index (χ0n) is 29.1. The highest BCUT2D eigenvalue weighted by Gasteiger charge is 2.40. The molecular formula is C44H46N2O4. The molecule has 6 heteroatoms. The van der Waals surface area contributed by atoms with Gasteiger partial charge in [-0.25, -0.2) is 0 Å². The first-order valence-electron chi connectivity index (χ1n) is 17.9. The van der Waals surface area contributed by atoms with Crippen molar-refractivity contribution >= 4 is 24.0 Å². The second-order valence-corrected chi connectivity index (χ2v) is 14.0. The van der Waals surface area contributed by atoms with Crippen molar-refractivity contribution in [3.63, 3.8) is 0 Å². The number of amides is 2. The Morgan fingerprint density at radius 3 is 1.30 bits per heavy atom. The van der Waals surface area contributed by atoms with Crippen molar-refractivity contribution in [3.05, 3.63) is 143 Å². The fourth-order valence-electron chi connectivity index (χ4n) is 7.95. The lowest BCUT2D eigenvalue weighted by Crippen LogP contribution is -2.45. The van der Waals surface area contributed by atoms with Crippen molar-refractivity contribution in [2.24, 2.45) is 0 Å². The first-order chi connectivity index (χ1) is 24.4. The topological polar surface area (TPSA) is 59.1 Å². The lowest BCUT2D eigenvalue weighted by atomic mass is 9.74. The van der Waals surface area contributed by atoms with Crippen molar-refractivity contribution in [1.82, 2.24) is 9.80 Å². The number of carbonyl (C=O) groups excluding carboxylic acids is 2. The van der Waals surface area contributed by atoms with Gasteiger partial charge in [0.2, 0.25) is 0 Å². The van der Waals surface area contributed by atoms with Gasteiger partial charge < -0.3 is 19.3 Å².